The lowest BCUT2D eigenvalue weighted by Crippen LogP contribution is -2.20. The minimum atomic E-state index is -0.705. The molecule has 0 aliphatic heterocycles. The number of carbonyl (C=O) groups excluding carboxylic acids is 1. The number of rotatable bonds is 4. The molecule has 0 radical (unpaired) electrons. The number of nitrogens with two attached hydrogens (primary N) is 1. The van der Waals surface area contributed by atoms with Crippen LogP contribution in [0.3, 0.4) is 0 Å². The molecule has 2 heterocycles. The van der Waals surface area contributed by atoms with E-state index in [2.05, 4.69) is 15.3 Å². The maximum Gasteiger partial charge on any atom is 0.333 e. The number of carbonyl (C=O) groups is 1. The Bertz CT molecular complexity index is 1560. The molecule has 4 N–H and O–H groups in total. The molecule has 0 unspecified atom stereocenters. The van der Waals surface area contributed by atoms with Gasteiger partial charge in [0.25, 0.3) is 0 Å². The molecule has 3 aromatic carbocycles. The van der Waals surface area contributed by atoms with Crippen LogP contribution in [0.4, 0.5) is 10.7 Å². The van der Waals surface area contributed by atoms with Gasteiger partial charge < -0.3 is 10.7 Å². The summed E-state index contributed by atoms with van der Waals surface area (Å²) in [4.78, 5) is 32.2. The Labute approximate surface area is 189 Å². The number of urea groups is 1. The second-order valence-corrected chi connectivity index (χ2v) is 7.88. The topological polar surface area (TPSA) is 111 Å². The molecular formula is C25H22N6O2. The van der Waals surface area contributed by atoms with Gasteiger partial charge in [-0.05, 0) is 37.3 Å². The first kappa shape index (κ1) is 20.3. The number of amides is 2. The fourth-order valence-corrected chi connectivity index (χ4v) is 4.08. The fraction of sp³-hybridized carbons (Fsp3) is 0.0800. The van der Waals surface area contributed by atoms with Gasteiger partial charge in [-0.15, -0.1) is 0 Å². The van der Waals surface area contributed by atoms with Crippen molar-refractivity contribution in [2.45, 2.75) is 6.92 Å². The van der Waals surface area contributed by atoms with Gasteiger partial charge in [0, 0.05) is 18.2 Å². The number of benzene rings is 3. The quantitative estimate of drug-likeness (QED) is 0.391. The molecule has 8 heteroatoms. The van der Waals surface area contributed by atoms with Crippen LogP contribution in [0.2, 0.25) is 0 Å². The van der Waals surface area contributed by atoms with Crippen LogP contribution in [0, 0.1) is 6.92 Å². The predicted molar refractivity (Wildman–Crippen MR) is 129 cm³/mol. The third kappa shape index (κ3) is 3.57. The van der Waals surface area contributed by atoms with Gasteiger partial charge in [0.2, 0.25) is 5.95 Å². The van der Waals surface area contributed by atoms with Gasteiger partial charge >= 0.3 is 11.7 Å². The van der Waals surface area contributed by atoms with E-state index in [1.807, 2.05) is 79.7 Å². The highest BCUT2D eigenvalue weighted by molar-refractivity contribution is 5.90. The number of aromatic amines is 1. The Balaban J connectivity index is 1.71. The molecular weight excluding hydrogens is 416 g/mol. The largest absolute Gasteiger partial charge is 0.351 e. The molecule has 0 bridgehead atoms. The number of hydrogen-bond acceptors (Lipinski definition) is 3. The first-order valence-electron chi connectivity index (χ1n) is 10.4. The third-order valence-electron chi connectivity index (χ3n) is 5.60. The van der Waals surface area contributed by atoms with Crippen molar-refractivity contribution in [3.05, 3.63) is 88.8 Å². The molecule has 164 valence electrons. The van der Waals surface area contributed by atoms with E-state index in [9.17, 15) is 9.59 Å². The minimum Gasteiger partial charge on any atom is -0.351 e. The SMILES string of the molecule is Cc1cccc(-c2nc(NC(N)=O)[nH]c2-c2ccc3c(c2)n(C)c(=O)n3-c2ccccc2)c1. The zero-order valence-electron chi connectivity index (χ0n) is 18.2. The molecule has 0 aliphatic carbocycles. The van der Waals surface area contributed by atoms with E-state index in [0.29, 0.717) is 11.4 Å². The van der Waals surface area contributed by atoms with Crippen LogP contribution in [0.15, 0.2) is 77.6 Å². The highest BCUT2D eigenvalue weighted by Crippen LogP contribution is 2.33. The van der Waals surface area contributed by atoms with Crippen LogP contribution in [-0.4, -0.2) is 25.1 Å². The van der Waals surface area contributed by atoms with Gasteiger partial charge in [0.15, 0.2) is 0 Å². The van der Waals surface area contributed by atoms with Crippen molar-refractivity contribution < 1.29 is 4.79 Å². The zero-order chi connectivity index (χ0) is 23.1. The normalized spacial score (nSPS) is 11.1. The number of hydrogen-bond donors (Lipinski definition) is 3. The van der Waals surface area contributed by atoms with Crippen LogP contribution >= 0.6 is 0 Å². The van der Waals surface area contributed by atoms with Gasteiger partial charge in [0.1, 0.15) is 0 Å². The zero-order valence-corrected chi connectivity index (χ0v) is 18.2. The van der Waals surface area contributed by atoms with Crippen molar-refractivity contribution in [3.63, 3.8) is 0 Å². The molecule has 2 amide bonds. The summed E-state index contributed by atoms with van der Waals surface area (Å²) in [6.07, 6.45) is 0. The molecule has 33 heavy (non-hydrogen) atoms. The molecule has 0 atom stereocenters. The summed E-state index contributed by atoms with van der Waals surface area (Å²) < 4.78 is 3.31. The van der Waals surface area contributed by atoms with E-state index >= 15 is 0 Å². The molecule has 0 saturated carbocycles. The number of imidazole rings is 2. The summed E-state index contributed by atoms with van der Waals surface area (Å²) in [6.45, 7) is 2.01. The lowest BCUT2D eigenvalue weighted by molar-refractivity contribution is 0.259. The Morgan fingerprint density at radius 3 is 2.48 bits per heavy atom. The molecule has 0 saturated heterocycles. The number of para-hydroxylation sites is 1. The maximum absolute atomic E-state index is 13.0. The van der Waals surface area contributed by atoms with Crippen LogP contribution in [0.5, 0.6) is 0 Å². The molecule has 0 spiro atoms. The second-order valence-electron chi connectivity index (χ2n) is 7.88. The number of anilines is 1. The van der Waals surface area contributed by atoms with Crippen molar-refractivity contribution >= 4 is 23.0 Å². The third-order valence-corrected chi connectivity index (χ3v) is 5.60. The first-order chi connectivity index (χ1) is 15.9. The van der Waals surface area contributed by atoms with Crippen LogP contribution in [0.1, 0.15) is 5.56 Å². The van der Waals surface area contributed by atoms with Crippen molar-refractivity contribution in [1.29, 1.82) is 0 Å². The van der Waals surface area contributed by atoms with E-state index in [1.165, 1.54) is 0 Å². The Hall–Kier alpha value is -4.59. The van der Waals surface area contributed by atoms with Gasteiger partial charge in [-0.1, -0.05) is 48.0 Å². The average Bonchev–Trinajstić information content (AvgIpc) is 3.33. The first-order valence-corrected chi connectivity index (χ1v) is 10.4. The summed E-state index contributed by atoms with van der Waals surface area (Å²) in [6, 6.07) is 22.6. The standard InChI is InChI=1S/C25H22N6O2/c1-15-7-6-8-16(13-15)21-22(28-24(27-21)29-23(26)32)17-11-12-19-20(14-17)30(2)25(33)31(19)18-9-4-3-5-10-18/h3-14H,1-2H3,(H4,26,27,28,29,32). The van der Waals surface area contributed by atoms with E-state index < -0.39 is 6.03 Å². The lowest BCUT2D eigenvalue weighted by Gasteiger charge is -2.06. The predicted octanol–water partition coefficient (Wildman–Crippen LogP) is 4.19. The van der Waals surface area contributed by atoms with E-state index in [-0.39, 0.29) is 11.6 Å². The van der Waals surface area contributed by atoms with Gasteiger partial charge in [-0.25, -0.2) is 14.6 Å². The maximum atomic E-state index is 13.0. The summed E-state index contributed by atoms with van der Waals surface area (Å²) in [7, 11) is 1.75. The highest BCUT2D eigenvalue weighted by atomic mass is 16.2. The smallest absolute Gasteiger partial charge is 0.333 e. The Kier molecular flexibility index (Phi) is 4.82. The highest BCUT2D eigenvalue weighted by Gasteiger charge is 2.18. The molecule has 0 fully saturated rings. The van der Waals surface area contributed by atoms with Crippen molar-refractivity contribution in [2.24, 2.45) is 12.8 Å². The number of nitrogens with one attached hydrogen (secondary N) is 2. The molecule has 5 rings (SSSR count). The average molecular weight is 438 g/mol. The van der Waals surface area contributed by atoms with E-state index in [4.69, 9.17) is 5.73 Å². The molecule has 2 aromatic heterocycles. The number of H-pyrrole nitrogens is 1. The lowest BCUT2D eigenvalue weighted by atomic mass is 10.0. The monoisotopic (exact) mass is 438 g/mol. The summed E-state index contributed by atoms with van der Waals surface area (Å²) in [5, 5.41) is 2.52. The van der Waals surface area contributed by atoms with E-state index in [1.54, 1.807) is 16.2 Å². The molecule has 8 nitrogen and oxygen atoms in total. The second kappa shape index (κ2) is 7.83. The van der Waals surface area contributed by atoms with Crippen molar-refractivity contribution in [2.75, 3.05) is 5.32 Å². The number of fused-ring (bicyclic) bond motifs is 1. The summed E-state index contributed by atoms with van der Waals surface area (Å²) in [5.74, 6) is 0.254. The van der Waals surface area contributed by atoms with Gasteiger partial charge in [-0.2, -0.15) is 0 Å². The fourth-order valence-electron chi connectivity index (χ4n) is 4.08. The van der Waals surface area contributed by atoms with Gasteiger partial charge in [0.05, 0.1) is 28.1 Å². The van der Waals surface area contributed by atoms with Crippen molar-refractivity contribution in [1.82, 2.24) is 19.1 Å². The molecule has 0 aliphatic rings. The Morgan fingerprint density at radius 2 is 1.76 bits per heavy atom. The summed E-state index contributed by atoms with van der Waals surface area (Å²) in [5.41, 5.74) is 11.7. The number of aryl methyl sites for hydroxylation is 2. The summed E-state index contributed by atoms with van der Waals surface area (Å²) >= 11 is 0. The minimum absolute atomic E-state index is 0.132. The number of nitrogens with zero attached hydrogens (tertiary/aromatic N) is 3. The number of aromatic nitrogens is 4. The van der Waals surface area contributed by atoms with Crippen LogP contribution < -0.4 is 16.7 Å². The van der Waals surface area contributed by atoms with Crippen LogP contribution in [0.25, 0.3) is 39.2 Å². The van der Waals surface area contributed by atoms with E-state index in [0.717, 1.165) is 33.4 Å². The molecule has 5 aromatic rings. The van der Waals surface area contributed by atoms with Crippen molar-refractivity contribution in [3.8, 4) is 28.2 Å². The number of primary amides is 1. The van der Waals surface area contributed by atoms with Gasteiger partial charge in [-0.3, -0.25) is 14.5 Å². The Morgan fingerprint density at radius 1 is 0.970 bits per heavy atom. The van der Waals surface area contributed by atoms with Crippen LogP contribution in [-0.2, 0) is 7.05 Å².